The molecule has 2 aromatic rings. The highest BCUT2D eigenvalue weighted by Gasteiger charge is 2.25. The van der Waals surface area contributed by atoms with Gasteiger partial charge in [0.15, 0.2) is 5.78 Å². The van der Waals surface area contributed by atoms with Crippen molar-refractivity contribution in [2.75, 3.05) is 0 Å². The maximum Gasteiger partial charge on any atom is 0.164 e. The van der Waals surface area contributed by atoms with Gasteiger partial charge in [-0.2, -0.15) is 0 Å². The van der Waals surface area contributed by atoms with Crippen molar-refractivity contribution in [1.29, 1.82) is 0 Å². The number of thioether (sulfide) groups is 2. The SMILES string of the molecule is O=C(CC1Sc2ccccc2S1)c1ccccc1. The minimum absolute atomic E-state index is 0.230. The molecule has 0 amide bonds. The number of fused-ring (bicyclic) bond motifs is 1. The van der Waals surface area contributed by atoms with Crippen LogP contribution in [0.5, 0.6) is 0 Å². The van der Waals surface area contributed by atoms with E-state index in [1.807, 2.05) is 42.5 Å². The largest absolute Gasteiger partial charge is 0.294 e. The van der Waals surface area contributed by atoms with Crippen molar-refractivity contribution < 1.29 is 4.79 Å². The van der Waals surface area contributed by atoms with Gasteiger partial charge in [0.25, 0.3) is 0 Å². The summed E-state index contributed by atoms with van der Waals surface area (Å²) in [4.78, 5) is 14.7. The number of carbonyl (C=O) groups excluding carboxylic acids is 1. The third-order valence-electron chi connectivity index (χ3n) is 2.81. The molecule has 1 aliphatic rings. The number of Topliss-reactive ketones (excluding diaryl/α,β-unsaturated/α-hetero) is 1. The van der Waals surface area contributed by atoms with Crippen molar-refractivity contribution in [2.45, 2.75) is 20.8 Å². The Balaban J connectivity index is 1.68. The second kappa shape index (κ2) is 5.21. The van der Waals surface area contributed by atoms with Crippen LogP contribution in [-0.2, 0) is 0 Å². The fourth-order valence-corrected chi connectivity index (χ4v) is 4.75. The van der Waals surface area contributed by atoms with Crippen LogP contribution in [0.25, 0.3) is 0 Å². The molecule has 0 aliphatic carbocycles. The van der Waals surface area contributed by atoms with Gasteiger partial charge in [-0.05, 0) is 12.1 Å². The summed E-state index contributed by atoms with van der Waals surface area (Å²) in [6, 6.07) is 17.9. The van der Waals surface area contributed by atoms with Crippen LogP contribution in [0.1, 0.15) is 16.8 Å². The minimum Gasteiger partial charge on any atom is -0.294 e. The Morgan fingerprint density at radius 2 is 1.44 bits per heavy atom. The first-order chi connectivity index (χ1) is 8.83. The van der Waals surface area contributed by atoms with Gasteiger partial charge in [0.1, 0.15) is 0 Å². The Morgan fingerprint density at radius 1 is 0.889 bits per heavy atom. The second-order valence-corrected chi connectivity index (χ2v) is 6.89. The van der Waals surface area contributed by atoms with E-state index in [-0.39, 0.29) is 5.78 Å². The van der Waals surface area contributed by atoms with Crippen LogP contribution in [-0.4, -0.2) is 10.4 Å². The van der Waals surface area contributed by atoms with Crippen molar-refractivity contribution in [2.24, 2.45) is 0 Å². The van der Waals surface area contributed by atoms with Gasteiger partial charge in [0.2, 0.25) is 0 Å². The molecule has 0 radical (unpaired) electrons. The molecular formula is C15H12OS2. The maximum absolute atomic E-state index is 12.1. The van der Waals surface area contributed by atoms with E-state index in [4.69, 9.17) is 0 Å². The van der Waals surface area contributed by atoms with Crippen LogP contribution in [0.2, 0.25) is 0 Å². The van der Waals surface area contributed by atoms with Crippen molar-refractivity contribution in [3.63, 3.8) is 0 Å². The number of hydrogen-bond acceptors (Lipinski definition) is 3. The van der Waals surface area contributed by atoms with E-state index in [1.54, 1.807) is 23.5 Å². The van der Waals surface area contributed by atoms with E-state index in [2.05, 4.69) is 12.1 Å². The van der Waals surface area contributed by atoms with Crippen LogP contribution >= 0.6 is 23.5 Å². The fourth-order valence-electron chi connectivity index (χ4n) is 1.93. The number of rotatable bonds is 3. The monoisotopic (exact) mass is 272 g/mol. The van der Waals surface area contributed by atoms with Crippen molar-refractivity contribution in [3.8, 4) is 0 Å². The first-order valence-corrected chi connectivity index (χ1v) is 7.59. The molecule has 90 valence electrons. The molecule has 1 aliphatic heterocycles. The topological polar surface area (TPSA) is 17.1 Å². The number of benzene rings is 2. The maximum atomic E-state index is 12.1. The quantitative estimate of drug-likeness (QED) is 0.767. The molecule has 3 heteroatoms. The molecule has 3 rings (SSSR count). The van der Waals surface area contributed by atoms with Gasteiger partial charge in [0.05, 0.1) is 4.58 Å². The highest BCUT2D eigenvalue weighted by molar-refractivity contribution is 8.19. The Hall–Kier alpha value is -1.19. The first-order valence-electron chi connectivity index (χ1n) is 5.83. The molecule has 2 aromatic carbocycles. The second-order valence-electron chi connectivity index (χ2n) is 4.11. The lowest BCUT2D eigenvalue weighted by Gasteiger charge is -2.06. The Labute approximate surface area is 115 Å². The number of hydrogen-bond donors (Lipinski definition) is 0. The van der Waals surface area contributed by atoms with E-state index >= 15 is 0 Å². The third kappa shape index (κ3) is 2.47. The molecule has 0 N–H and O–H groups in total. The summed E-state index contributed by atoms with van der Waals surface area (Å²) in [6.45, 7) is 0. The first kappa shape index (κ1) is 11.9. The molecule has 0 fully saturated rings. The van der Waals surface area contributed by atoms with Crippen LogP contribution in [0.15, 0.2) is 64.4 Å². The number of carbonyl (C=O) groups is 1. The lowest BCUT2D eigenvalue weighted by Crippen LogP contribution is -2.05. The third-order valence-corrected chi connectivity index (χ3v) is 5.60. The smallest absolute Gasteiger partial charge is 0.164 e. The molecular weight excluding hydrogens is 260 g/mol. The van der Waals surface area contributed by atoms with Crippen LogP contribution < -0.4 is 0 Å². The minimum atomic E-state index is 0.230. The van der Waals surface area contributed by atoms with Crippen molar-refractivity contribution >= 4 is 29.3 Å². The molecule has 1 nitrogen and oxygen atoms in total. The summed E-state index contributed by atoms with van der Waals surface area (Å²) < 4.78 is 0.315. The summed E-state index contributed by atoms with van der Waals surface area (Å²) in [5.41, 5.74) is 0.814. The molecule has 0 bridgehead atoms. The Morgan fingerprint density at radius 3 is 2.06 bits per heavy atom. The van der Waals surface area contributed by atoms with Gasteiger partial charge in [-0.15, -0.1) is 23.5 Å². The molecule has 0 saturated heterocycles. The molecule has 0 atom stereocenters. The lowest BCUT2D eigenvalue weighted by molar-refractivity contribution is 0.0987. The summed E-state index contributed by atoms with van der Waals surface area (Å²) in [7, 11) is 0. The predicted octanol–water partition coefficient (Wildman–Crippen LogP) is 4.48. The zero-order valence-corrected chi connectivity index (χ0v) is 11.3. The number of ketones is 1. The normalized spacial score (nSPS) is 14.4. The zero-order valence-electron chi connectivity index (χ0n) is 9.71. The predicted molar refractivity (Wildman–Crippen MR) is 77.3 cm³/mol. The highest BCUT2D eigenvalue weighted by atomic mass is 32.2. The Bertz CT molecular complexity index is 541. The molecule has 1 heterocycles. The van der Waals surface area contributed by atoms with Gasteiger partial charge >= 0.3 is 0 Å². The average molecular weight is 272 g/mol. The fraction of sp³-hybridized carbons (Fsp3) is 0.133. The molecule has 0 aromatic heterocycles. The average Bonchev–Trinajstić information content (AvgIpc) is 2.82. The summed E-state index contributed by atoms with van der Waals surface area (Å²) >= 11 is 3.60. The van der Waals surface area contributed by atoms with E-state index in [0.29, 0.717) is 11.0 Å². The summed E-state index contributed by atoms with van der Waals surface area (Å²) in [5, 5.41) is 0. The zero-order chi connectivity index (χ0) is 12.4. The molecule has 0 unspecified atom stereocenters. The van der Waals surface area contributed by atoms with Crippen LogP contribution in [0.4, 0.5) is 0 Å². The van der Waals surface area contributed by atoms with Gasteiger partial charge in [-0.1, -0.05) is 42.5 Å². The van der Waals surface area contributed by atoms with E-state index in [1.165, 1.54) is 9.79 Å². The lowest BCUT2D eigenvalue weighted by atomic mass is 10.1. The van der Waals surface area contributed by atoms with Gasteiger partial charge in [-0.3, -0.25) is 4.79 Å². The van der Waals surface area contributed by atoms with E-state index in [9.17, 15) is 4.79 Å². The summed E-state index contributed by atoms with van der Waals surface area (Å²) in [6.07, 6.45) is 0.591. The van der Waals surface area contributed by atoms with Crippen LogP contribution in [0, 0.1) is 0 Å². The van der Waals surface area contributed by atoms with Gasteiger partial charge < -0.3 is 0 Å². The molecule has 0 saturated carbocycles. The van der Waals surface area contributed by atoms with E-state index in [0.717, 1.165) is 5.56 Å². The van der Waals surface area contributed by atoms with Gasteiger partial charge in [-0.25, -0.2) is 0 Å². The Kier molecular flexibility index (Phi) is 3.43. The standard InChI is InChI=1S/C15H12OS2/c16-12(11-6-2-1-3-7-11)10-15-17-13-8-4-5-9-14(13)18-15/h1-9,15H,10H2. The van der Waals surface area contributed by atoms with Crippen LogP contribution in [0.3, 0.4) is 0 Å². The molecule has 0 spiro atoms. The summed E-state index contributed by atoms with van der Waals surface area (Å²) in [5.74, 6) is 0.230. The van der Waals surface area contributed by atoms with Crippen molar-refractivity contribution in [1.82, 2.24) is 0 Å². The highest BCUT2D eigenvalue weighted by Crippen LogP contribution is 2.49. The van der Waals surface area contributed by atoms with Gasteiger partial charge in [0, 0.05) is 21.8 Å². The molecule has 18 heavy (non-hydrogen) atoms. The van der Waals surface area contributed by atoms with Crippen molar-refractivity contribution in [3.05, 3.63) is 60.2 Å². The van der Waals surface area contributed by atoms with E-state index < -0.39 is 0 Å².